The Morgan fingerprint density at radius 2 is 2.00 bits per heavy atom. The molecule has 0 aliphatic heterocycles. The van der Waals surface area contributed by atoms with Crippen molar-refractivity contribution in [1.82, 2.24) is 14.5 Å². The fourth-order valence-corrected chi connectivity index (χ4v) is 2.40. The first kappa shape index (κ1) is 14.0. The van der Waals surface area contributed by atoms with Gasteiger partial charge in [-0.25, -0.2) is 9.37 Å². The van der Waals surface area contributed by atoms with Crippen molar-refractivity contribution in [2.24, 2.45) is 0 Å². The Morgan fingerprint density at radius 1 is 1.19 bits per heavy atom. The van der Waals surface area contributed by atoms with Crippen molar-refractivity contribution in [3.8, 4) is 0 Å². The Labute approximate surface area is 128 Å². The number of aromatic nitrogens is 3. The average Bonchev–Trinajstić information content (AvgIpc) is 2.44. The number of hydrogen-bond donors (Lipinski definition) is 0. The molecule has 7 heteroatoms. The van der Waals surface area contributed by atoms with E-state index in [1.54, 1.807) is 6.07 Å². The van der Waals surface area contributed by atoms with Gasteiger partial charge in [0.2, 0.25) is 0 Å². The Kier molecular flexibility index (Phi) is 3.61. The summed E-state index contributed by atoms with van der Waals surface area (Å²) in [5.41, 5.74) is 0.533. The number of benzene rings is 1. The smallest absolute Gasteiger partial charge is 0.261 e. The first-order chi connectivity index (χ1) is 10.0. The summed E-state index contributed by atoms with van der Waals surface area (Å²) >= 11 is 11.8. The van der Waals surface area contributed by atoms with E-state index in [1.807, 2.05) is 0 Å². The van der Waals surface area contributed by atoms with E-state index in [0.717, 1.165) is 0 Å². The molecule has 0 radical (unpaired) electrons. The highest BCUT2D eigenvalue weighted by molar-refractivity contribution is 6.34. The highest BCUT2D eigenvalue weighted by Gasteiger charge is 2.09. The lowest BCUT2D eigenvalue weighted by Gasteiger charge is -2.07. The van der Waals surface area contributed by atoms with Gasteiger partial charge in [-0.05, 0) is 18.2 Å². The molecule has 0 bridgehead atoms. The maximum absolute atomic E-state index is 13.1. The van der Waals surface area contributed by atoms with E-state index in [-0.39, 0.29) is 12.1 Å². The Balaban J connectivity index is 2.07. The number of fused-ring (bicyclic) bond motifs is 1. The molecule has 1 aromatic carbocycles. The van der Waals surface area contributed by atoms with E-state index in [9.17, 15) is 9.18 Å². The van der Waals surface area contributed by atoms with Gasteiger partial charge in [-0.2, -0.15) is 0 Å². The molecule has 0 unspecified atom stereocenters. The molecule has 3 aromatic rings. The van der Waals surface area contributed by atoms with Crippen LogP contribution in [0.5, 0.6) is 0 Å². The van der Waals surface area contributed by atoms with Gasteiger partial charge in [-0.15, -0.1) is 0 Å². The zero-order chi connectivity index (χ0) is 15.0. The molecule has 0 aliphatic carbocycles. The van der Waals surface area contributed by atoms with Gasteiger partial charge in [0.1, 0.15) is 5.82 Å². The lowest BCUT2D eigenvalue weighted by molar-refractivity contribution is 0.629. The molecule has 0 saturated carbocycles. The number of nitrogens with zero attached hydrogens (tertiary/aromatic N) is 3. The summed E-state index contributed by atoms with van der Waals surface area (Å²) in [5.74, 6) is -0.436. The quantitative estimate of drug-likeness (QED) is 0.727. The fourth-order valence-electron chi connectivity index (χ4n) is 1.96. The molecular formula is C14H8Cl2FN3O. The van der Waals surface area contributed by atoms with E-state index in [0.29, 0.717) is 26.6 Å². The van der Waals surface area contributed by atoms with E-state index < -0.39 is 5.82 Å². The molecule has 3 rings (SSSR count). The second kappa shape index (κ2) is 5.42. The van der Waals surface area contributed by atoms with Crippen molar-refractivity contribution in [2.45, 2.75) is 6.54 Å². The average molecular weight is 324 g/mol. The zero-order valence-corrected chi connectivity index (χ0v) is 12.1. The predicted molar refractivity (Wildman–Crippen MR) is 79.3 cm³/mol. The molecule has 0 amide bonds. The minimum Gasteiger partial charge on any atom is -0.293 e. The molecule has 2 aromatic heterocycles. The minimum absolute atomic E-state index is 0.162. The SMILES string of the molecule is O=c1c2ccc(F)cc2ncn1Cc1ncc(Cl)cc1Cl. The van der Waals surface area contributed by atoms with E-state index in [1.165, 1.54) is 35.3 Å². The lowest BCUT2D eigenvalue weighted by atomic mass is 10.2. The van der Waals surface area contributed by atoms with Crippen molar-refractivity contribution in [1.29, 1.82) is 0 Å². The Bertz CT molecular complexity index is 895. The highest BCUT2D eigenvalue weighted by Crippen LogP contribution is 2.19. The molecule has 0 fully saturated rings. The second-order valence-corrected chi connectivity index (χ2v) is 5.26. The topological polar surface area (TPSA) is 47.8 Å². The molecule has 0 N–H and O–H groups in total. The normalized spacial score (nSPS) is 11.0. The highest BCUT2D eigenvalue weighted by atomic mass is 35.5. The van der Waals surface area contributed by atoms with Gasteiger partial charge in [0.15, 0.2) is 0 Å². The third-order valence-electron chi connectivity index (χ3n) is 2.99. The van der Waals surface area contributed by atoms with Gasteiger partial charge in [-0.1, -0.05) is 23.2 Å². The molecule has 106 valence electrons. The van der Waals surface area contributed by atoms with Gasteiger partial charge in [0, 0.05) is 12.3 Å². The van der Waals surface area contributed by atoms with Crippen molar-refractivity contribution in [3.63, 3.8) is 0 Å². The summed E-state index contributed by atoms with van der Waals surface area (Å²) in [7, 11) is 0. The molecule has 2 heterocycles. The maximum Gasteiger partial charge on any atom is 0.261 e. The summed E-state index contributed by atoms with van der Waals surface area (Å²) in [6.07, 6.45) is 2.80. The van der Waals surface area contributed by atoms with E-state index >= 15 is 0 Å². The fraction of sp³-hybridized carbons (Fsp3) is 0.0714. The third kappa shape index (κ3) is 2.75. The van der Waals surface area contributed by atoms with Crippen LogP contribution in [0.15, 0.2) is 41.6 Å². The summed E-state index contributed by atoms with van der Waals surface area (Å²) in [4.78, 5) is 20.5. The van der Waals surface area contributed by atoms with Crippen LogP contribution in [0, 0.1) is 5.82 Å². The summed E-state index contributed by atoms with van der Waals surface area (Å²) < 4.78 is 14.5. The number of hydrogen-bond acceptors (Lipinski definition) is 3. The number of rotatable bonds is 2. The van der Waals surface area contributed by atoms with Crippen molar-refractivity contribution in [3.05, 3.63) is 68.7 Å². The summed E-state index contributed by atoms with van der Waals surface area (Å²) in [6.45, 7) is 0.162. The van der Waals surface area contributed by atoms with Crippen molar-refractivity contribution < 1.29 is 4.39 Å². The Morgan fingerprint density at radius 3 is 2.76 bits per heavy atom. The first-order valence-electron chi connectivity index (χ1n) is 5.99. The first-order valence-corrected chi connectivity index (χ1v) is 6.75. The summed E-state index contributed by atoms with van der Waals surface area (Å²) in [6, 6.07) is 5.41. The van der Waals surface area contributed by atoms with Crippen LogP contribution in [0.2, 0.25) is 10.0 Å². The van der Waals surface area contributed by atoms with Crippen LogP contribution in [-0.2, 0) is 6.54 Å². The summed E-state index contributed by atoms with van der Waals surface area (Å²) in [5, 5.41) is 1.13. The van der Waals surface area contributed by atoms with Crippen molar-refractivity contribution >= 4 is 34.1 Å². The van der Waals surface area contributed by atoms with Crippen LogP contribution >= 0.6 is 23.2 Å². The Hall–Kier alpha value is -1.98. The third-order valence-corrected chi connectivity index (χ3v) is 3.53. The second-order valence-electron chi connectivity index (χ2n) is 4.42. The van der Waals surface area contributed by atoms with Crippen LogP contribution < -0.4 is 5.56 Å². The van der Waals surface area contributed by atoms with Gasteiger partial charge in [0.05, 0.1) is 39.5 Å². The molecule has 0 spiro atoms. The van der Waals surface area contributed by atoms with Gasteiger partial charge >= 0.3 is 0 Å². The standard InChI is InChI=1S/C14H8Cl2FN3O/c15-8-3-11(16)13(18-5-8)6-20-7-19-12-4-9(17)1-2-10(12)14(20)21/h1-5,7H,6H2. The van der Waals surface area contributed by atoms with Gasteiger partial charge in [0.25, 0.3) is 5.56 Å². The van der Waals surface area contributed by atoms with Crippen LogP contribution in [0.3, 0.4) is 0 Å². The van der Waals surface area contributed by atoms with Crippen LogP contribution in [0.4, 0.5) is 4.39 Å². The monoisotopic (exact) mass is 323 g/mol. The molecule has 21 heavy (non-hydrogen) atoms. The zero-order valence-electron chi connectivity index (χ0n) is 10.6. The molecule has 4 nitrogen and oxygen atoms in total. The van der Waals surface area contributed by atoms with Crippen LogP contribution in [0.1, 0.15) is 5.69 Å². The minimum atomic E-state index is -0.436. The number of halogens is 3. The molecule has 0 saturated heterocycles. The largest absolute Gasteiger partial charge is 0.293 e. The van der Waals surface area contributed by atoms with Crippen molar-refractivity contribution in [2.75, 3.05) is 0 Å². The maximum atomic E-state index is 13.1. The molecular weight excluding hydrogens is 316 g/mol. The predicted octanol–water partition coefficient (Wildman–Crippen LogP) is 3.29. The van der Waals surface area contributed by atoms with Gasteiger partial charge < -0.3 is 0 Å². The van der Waals surface area contributed by atoms with Gasteiger partial charge in [-0.3, -0.25) is 14.3 Å². The van der Waals surface area contributed by atoms with E-state index in [4.69, 9.17) is 23.2 Å². The van der Waals surface area contributed by atoms with Crippen LogP contribution in [-0.4, -0.2) is 14.5 Å². The van der Waals surface area contributed by atoms with Crippen LogP contribution in [0.25, 0.3) is 10.9 Å². The lowest BCUT2D eigenvalue weighted by Crippen LogP contribution is -2.21. The molecule has 0 aliphatic rings. The van der Waals surface area contributed by atoms with E-state index in [2.05, 4.69) is 9.97 Å². The molecule has 0 atom stereocenters. The number of pyridine rings is 1.